The largest absolute Gasteiger partial charge is 0.481 e. The molecular formula is C8H12N2O5. The summed E-state index contributed by atoms with van der Waals surface area (Å²) in [7, 11) is 1.16. The second kappa shape index (κ2) is 4.74. The predicted octanol–water partition coefficient (Wildman–Crippen LogP) is -1.11. The van der Waals surface area contributed by atoms with E-state index in [1.165, 1.54) is 0 Å². The molecule has 0 aromatic heterocycles. The lowest BCUT2D eigenvalue weighted by atomic mass is 10.0. The van der Waals surface area contributed by atoms with Gasteiger partial charge in [0.2, 0.25) is 5.91 Å². The molecular weight excluding hydrogens is 204 g/mol. The Labute approximate surface area is 86.0 Å². The van der Waals surface area contributed by atoms with Crippen molar-refractivity contribution in [1.29, 1.82) is 0 Å². The second-order valence-electron chi connectivity index (χ2n) is 3.27. The van der Waals surface area contributed by atoms with Gasteiger partial charge < -0.3 is 9.84 Å². The summed E-state index contributed by atoms with van der Waals surface area (Å²) in [5.74, 6) is -1.76. The number of carboxylic acid groups (broad SMARTS) is 1. The van der Waals surface area contributed by atoms with Crippen LogP contribution in [0.2, 0.25) is 0 Å². The Balaban J connectivity index is 2.19. The Hall–Kier alpha value is -1.63. The average Bonchev–Trinajstić information content (AvgIpc) is 2.09. The molecule has 1 saturated heterocycles. The summed E-state index contributed by atoms with van der Waals surface area (Å²) >= 11 is 0. The third kappa shape index (κ3) is 3.21. The number of rotatable bonds is 3. The molecule has 0 spiro atoms. The van der Waals surface area contributed by atoms with E-state index in [9.17, 15) is 14.4 Å². The van der Waals surface area contributed by atoms with Crippen molar-refractivity contribution in [3.8, 4) is 0 Å². The van der Waals surface area contributed by atoms with Crippen LogP contribution >= 0.6 is 0 Å². The summed E-state index contributed by atoms with van der Waals surface area (Å²) in [6, 6.07) is 0. The van der Waals surface area contributed by atoms with Gasteiger partial charge in [-0.2, -0.15) is 0 Å². The Morgan fingerprint density at radius 2 is 2.07 bits per heavy atom. The minimum Gasteiger partial charge on any atom is -0.481 e. The zero-order chi connectivity index (χ0) is 11.4. The molecule has 0 atom stereocenters. The number of carbonyl (C=O) groups is 3. The van der Waals surface area contributed by atoms with Crippen molar-refractivity contribution in [1.82, 2.24) is 10.2 Å². The van der Waals surface area contributed by atoms with E-state index < -0.39 is 23.9 Å². The molecule has 1 aliphatic rings. The van der Waals surface area contributed by atoms with E-state index in [4.69, 9.17) is 5.11 Å². The smallest absolute Gasteiger partial charge is 0.413 e. The standard InChI is InChI=1S/C8H12N2O5/c1-15-8(14)9-6(11)4-10-2-5(3-10)7(12)13/h5H,2-4H2,1H3,(H,12,13)(H,9,11,14). The fraction of sp³-hybridized carbons (Fsp3) is 0.625. The molecule has 0 radical (unpaired) electrons. The van der Waals surface area contributed by atoms with E-state index in [-0.39, 0.29) is 6.54 Å². The van der Waals surface area contributed by atoms with Gasteiger partial charge in [-0.05, 0) is 0 Å². The second-order valence-corrected chi connectivity index (χ2v) is 3.27. The van der Waals surface area contributed by atoms with Gasteiger partial charge in [0.05, 0.1) is 19.6 Å². The molecule has 1 fully saturated rings. The monoisotopic (exact) mass is 216 g/mol. The molecule has 1 heterocycles. The van der Waals surface area contributed by atoms with Gasteiger partial charge in [-0.1, -0.05) is 0 Å². The number of carboxylic acids is 1. The van der Waals surface area contributed by atoms with Gasteiger partial charge in [-0.25, -0.2) is 4.79 Å². The number of aliphatic carboxylic acids is 1. The van der Waals surface area contributed by atoms with Crippen molar-refractivity contribution in [2.75, 3.05) is 26.7 Å². The fourth-order valence-electron chi connectivity index (χ4n) is 1.26. The molecule has 0 aromatic carbocycles. The average molecular weight is 216 g/mol. The lowest BCUT2D eigenvalue weighted by Crippen LogP contribution is -2.53. The van der Waals surface area contributed by atoms with E-state index in [2.05, 4.69) is 4.74 Å². The molecule has 7 nitrogen and oxygen atoms in total. The number of ether oxygens (including phenoxy) is 1. The van der Waals surface area contributed by atoms with Gasteiger partial charge >= 0.3 is 12.1 Å². The van der Waals surface area contributed by atoms with Crippen LogP contribution in [-0.4, -0.2) is 54.7 Å². The van der Waals surface area contributed by atoms with Crippen molar-refractivity contribution in [2.24, 2.45) is 5.92 Å². The van der Waals surface area contributed by atoms with Gasteiger partial charge in [-0.15, -0.1) is 0 Å². The number of amides is 2. The molecule has 1 aliphatic heterocycles. The molecule has 0 unspecified atom stereocenters. The molecule has 2 amide bonds. The lowest BCUT2D eigenvalue weighted by molar-refractivity contribution is -0.148. The van der Waals surface area contributed by atoms with E-state index in [0.717, 1.165) is 7.11 Å². The number of alkyl carbamates (subject to hydrolysis) is 1. The van der Waals surface area contributed by atoms with E-state index in [1.54, 1.807) is 4.90 Å². The molecule has 1 rings (SSSR count). The van der Waals surface area contributed by atoms with Crippen LogP contribution < -0.4 is 5.32 Å². The number of imide groups is 1. The first-order chi connectivity index (χ1) is 7.02. The van der Waals surface area contributed by atoms with Crippen LogP contribution in [-0.2, 0) is 14.3 Å². The van der Waals surface area contributed by atoms with E-state index in [0.29, 0.717) is 13.1 Å². The highest BCUT2D eigenvalue weighted by Gasteiger charge is 2.33. The van der Waals surface area contributed by atoms with Crippen LogP contribution in [0, 0.1) is 5.92 Å². The predicted molar refractivity (Wildman–Crippen MR) is 48.1 cm³/mol. The molecule has 7 heteroatoms. The van der Waals surface area contributed by atoms with Gasteiger partial charge in [0, 0.05) is 13.1 Å². The normalized spacial score (nSPS) is 16.6. The summed E-state index contributed by atoms with van der Waals surface area (Å²) in [6.07, 6.45) is -0.810. The van der Waals surface area contributed by atoms with Crippen LogP contribution in [0.15, 0.2) is 0 Å². The summed E-state index contributed by atoms with van der Waals surface area (Å²) in [5, 5.41) is 10.6. The van der Waals surface area contributed by atoms with Crippen LogP contribution in [0.3, 0.4) is 0 Å². The molecule has 0 bridgehead atoms. The maximum atomic E-state index is 11.1. The molecule has 2 N–H and O–H groups in total. The highest BCUT2D eigenvalue weighted by Crippen LogP contribution is 2.14. The molecule has 0 aromatic rings. The minimum atomic E-state index is -0.861. The minimum absolute atomic E-state index is 0.0128. The zero-order valence-electron chi connectivity index (χ0n) is 8.23. The van der Waals surface area contributed by atoms with Crippen LogP contribution in [0.5, 0.6) is 0 Å². The molecule has 0 aliphatic carbocycles. The fourth-order valence-corrected chi connectivity index (χ4v) is 1.26. The SMILES string of the molecule is COC(=O)NC(=O)CN1CC(C(=O)O)C1. The number of likely N-dealkylation sites (tertiary alicyclic amines) is 1. The van der Waals surface area contributed by atoms with Gasteiger partial charge in [0.1, 0.15) is 0 Å². The van der Waals surface area contributed by atoms with Crippen molar-refractivity contribution < 1.29 is 24.2 Å². The Kier molecular flexibility index (Phi) is 3.62. The Bertz CT molecular complexity index is 285. The molecule has 15 heavy (non-hydrogen) atoms. The molecule has 0 saturated carbocycles. The first kappa shape index (κ1) is 11.4. The lowest BCUT2D eigenvalue weighted by Gasteiger charge is -2.35. The van der Waals surface area contributed by atoms with Crippen LogP contribution in [0.1, 0.15) is 0 Å². The summed E-state index contributed by atoms with van der Waals surface area (Å²) < 4.78 is 4.23. The molecule has 84 valence electrons. The Morgan fingerprint density at radius 1 is 1.47 bits per heavy atom. The highest BCUT2D eigenvalue weighted by atomic mass is 16.5. The summed E-state index contributed by atoms with van der Waals surface area (Å²) in [5.41, 5.74) is 0. The first-order valence-electron chi connectivity index (χ1n) is 4.36. The first-order valence-corrected chi connectivity index (χ1v) is 4.36. The highest BCUT2D eigenvalue weighted by molar-refractivity contribution is 5.92. The van der Waals surface area contributed by atoms with Crippen LogP contribution in [0.4, 0.5) is 4.79 Å². The van der Waals surface area contributed by atoms with Gasteiger partial charge in [0.15, 0.2) is 0 Å². The third-order valence-corrected chi connectivity index (χ3v) is 2.10. The number of methoxy groups -OCH3 is 1. The third-order valence-electron chi connectivity index (χ3n) is 2.10. The number of carbonyl (C=O) groups excluding carboxylic acids is 2. The van der Waals surface area contributed by atoms with Crippen molar-refractivity contribution in [2.45, 2.75) is 0 Å². The van der Waals surface area contributed by atoms with Crippen molar-refractivity contribution in [3.63, 3.8) is 0 Å². The van der Waals surface area contributed by atoms with Crippen molar-refractivity contribution in [3.05, 3.63) is 0 Å². The van der Waals surface area contributed by atoms with Crippen LogP contribution in [0.25, 0.3) is 0 Å². The van der Waals surface area contributed by atoms with Gasteiger partial charge in [0.25, 0.3) is 0 Å². The van der Waals surface area contributed by atoms with Crippen molar-refractivity contribution >= 4 is 18.0 Å². The van der Waals surface area contributed by atoms with Gasteiger partial charge in [-0.3, -0.25) is 19.8 Å². The van der Waals surface area contributed by atoms with E-state index in [1.807, 2.05) is 5.32 Å². The maximum absolute atomic E-state index is 11.1. The Morgan fingerprint density at radius 3 is 2.53 bits per heavy atom. The summed E-state index contributed by atoms with van der Waals surface area (Å²) in [4.78, 5) is 33.8. The number of hydrogen-bond donors (Lipinski definition) is 2. The van der Waals surface area contributed by atoms with E-state index >= 15 is 0 Å². The topological polar surface area (TPSA) is 95.9 Å². The number of nitrogens with zero attached hydrogens (tertiary/aromatic N) is 1. The summed E-state index contributed by atoms with van der Waals surface area (Å²) in [6.45, 7) is 0.687. The number of hydrogen-bond acceptors (Lipinski definition) is 5. The quantitative estimate of drug-likeness (QED) is 0.620. The zero-order valence-corrected chi connectivity index (χ0v) is 8.23. The number of nitrogens with one attached hydrogen (secondary N) is 1. The maximum Gasteiger partial charge on any atom is 0.413 e.